The predicted molar refractivity (Wildman–Crippen MR) is 257 cm³/mol. The largest absolute Gasteiger partial charge is 0.509 e. The second-order valence-electron chi connectivity index (χ2n) is 24.4. The summed E-state index contributed by atoms with van der Waals surface area (Å²) < 4.78 is 14.4. The number of aliphatic hydroxyl groups excluding tert-OH is 1. The first-order valence-electron chi connectivity index (χ1n) is 27.5. The third kappa shape index (κ3) is 5.55. The van der Waals surface area contributed by atoms with E-state index in [0.29, 0.717) is 78.7 Å². The number of ether oxygens (including phenoxy) is 2. The monoisotopic (exact) mass is 904 g/mol. The molecule has 1 unspecified atom stereocenters. The summed E-state index contributed by atoms with van der Waals surface area (Å²) in [5.74, 6) is 3.43. The fourth-order valence-electron chi connectivity index (χ4n) is 19.4. The topological polar surface area (TPSA) is 105 Å². The third-order valence-electron chi connectivity index (χ3n) is 21.5. The highest BCUT2D eigenvalue weighted by Crippen LogP contribution is 2.87. The summed E-state index contributed by atoms with van der Waals surface area (Å²) >= 11 is 0. The van der Waals surface area contributed by atoms with Crippen molar-refractivity contribution in [2.24, 2.45) is 63.9 Å². The molecular formula is C59H73N3O5. The highest BCUT2D eigenvalue weighted by atomic mass is 16.6. The van der Waals surface area contributed by atoms with Crippen LogP contribution in [0.3, 0.4) is 0 Å². The van der Waals surface area contributed by atoms with Crippen molar-refractivity contribution in [3.8, 4) is 0 Å². The van der Waals surface area contributed by atoms with E-state index in [9.17, 15) is 5.11 Å². The summed E-state index contributed by atoms with van der Waals surface area (Å²) in [4.78, 5) is 37.2. The molecule has 3 N–H and O–H groups in total. The number of nitrogens with zero attached hydrogens (tertiary/aromatic N) is 2. The third-order valence-corrected chi connectivity index (χ3v) is 21.5. The van der Waals surface area contributed by atoms with Gasteiger partial charge in [0.25, 0.3) is 0 Å². The molecule has 2 aromatic carbocycles. The molecule has 354 valence electrons. The molecule has 15 aliphatic rings. The first-order valence-corrected chi connectivity index (χ1v) is 27.5. The fourth-order valence-corrected chi connectivity index (χ4v) is 19.4. The van der Waals surface area contributed by atoms with Crippen LogP contribution in [0.5, 0.6) is 0 Å². The van der Waals surface area contributed by atoms with Gasteiger partial charge in [-0.2, -0.15) is 0 Å². The second kappa shape index (κ2) is 15.3. The van der Waals surface area contributed by atoms with Gasteiger partial charge in [-0.3, -0.25) is 9.69 Å². The molecular weight excluding hydrogens is 831 g/mol. The zero-order valence-corrected chi connectivity index (χ0v) is 40.0. The van der Waals surface area contributed by atoms with E-state index < -0.39 is 16.4 Å². The molecule has 0 aromatic heterocycles. The number of esters is 2. The van der Waals surface area contributed by atoms with E-state index in [0.717, 1.165) is 88.5 Å². The molecule has 13 atom stereocenters. The Kier molecular flexibility index (Phi) is 9.61. The number of aryl methyl sites for hydroxylation is 2. The second-order valence-corrected chi connectivity index (χ2v) is 24.4. The van der Waals surface area contributed by atoms with Gasteiger partial charge in [-0.05, 0) is 149 Å². The lowest BCUT2D eigenvalue weighted by Gasteiger charge is -2.72. The van der Waals surface area contributed by atoms with Crippen molar-refractivity contribution in [2.75, 3.05) is 26.2 Å². The molecule has 15 bridgehead atoms. The van der Waals surface area contributed by atoms with E-state index >= 15 is 9.59 Å². The van der Waals surface area contributed by atoms with Crippen molar-refractivity contribution < 1.29 is 24.2 Å². The SMILES string of the molecule is C[C@@H]1CC2=C3[C@H]4C5=C6C[C@H](Cc7cccc(c7)CCCC[C@H]7[C@]68C(=O)O/C(=C(\O)C[C@H](CC6CCCCC6)N6C[C@@H]9C[C@H](C6)[C@H](CC2)N3C9)[C@@]8(CC5)[C@]72OC(=O)c3c(CCCN)cccc32)[C@H]41. The highest BCUT2D eigenvalue weighted by molar-refractivity contribution is 6.00. The number of hydrogen-bond donors (Lipinski definition) is 2. The Morgan fingerprint density at radius 2 is 1.72 bits per heavy atom. The lowest BCUT2D eigenvalue weighted by Crippen LogP contribution is -2.77. The number of rotatable bonds is 5. The van der Waals surface area contributed by atoms with Gasteiger partial charge in [0.05, 0.1) is 11.0 Å². The lowest BCUT2D eigenvalue weighted by molar-refractivity contribution is -0.279. The van der Waals surface area contributed by atoms with Crippen molar-refractivity contribution in [1.82, 2.24) is 9.80 Å². The predicted octanol–water partition coefficient (Wildman–Crippen LogP) is 10.6. The van der Waals surface area contributed by atoms with E-state index in [-0.39, 0.29) is 35.6 Å². The van der Waals surface area contributed by atoms with Gasteiger partial charge in [-0.1, -0.05) is 105 Å². The van der Waals surface area contributed by atoms with Gasteiger partial charge in [-0.25, -0.2) is 4.79 Å². The molecule has 2 saturated carbocycles. The quantitative estimate of drug-likeness (QED) is 0.226. The van der Waals surface area contributed by atoms with Crippen LogP contribution in [0.15, 0.2) is 76.4 Å². The summed E-state index contributed by atoms with van der Waals surface area (Å²) in [7, 11) is 0. The minimum atomic E-state index is -1.13. The van der Waals surface area contributed by atoms with Crippen LogP contribution in [0.1, 0.15) is 155 Å². The number of allylic oxidation sites excluding steroid dienone is 2. The van der Waals surface area contributed by atoms with E-state index in [4.69, 9.17) is 15.2 Å². The van der Waals surface area contributed by atoms with Gasteiger partial charge >= 0.3 is 11.9 Å². The number of nitrogens with two attached hydrogens (primary N) is 1. The summed E-state index contributed by atoms with van der Waals surface area (Å²) in [6.45, 7) is 6.39. The van der Waals surface area contributed by atoms with Crippen LogP contribution in [0.2, 0.25) is 0 Å². The molecule has 17 rings (SSSR count). The fraction of sp³-hybridized carbons (Fsp3) is 0.661. The van der Waals surface area contributed by atoms with Crippen LogP contribution < -0.4 is 5.73 Å². The highest BCUT2D eigenvalue weighted by Gasteiger charge is 2.93. The van der Waals surface area contributed by atoms with Crippen molar-refractivity contribution in [1.29, 1.82) is 0 Å². The Balaban J connectivity index is 1.05. The molecule has 8 nitrogen and oxygen atoms in total. The maximum absolute atomic E-state index is 16.3. The molecule has 5 fully saturated rings. The molecule has 6 aliphatic carbocycles. The number of fused-ring (bicyclic) bond motifs is 7. The zero-order valence-electron chi connectivity index (χ0n) is 40.0. The summed E-state index contributed by atoms with van der Waals surface area (Å²) in [5.41, 5.74) is 14.6. The van der Waals surface area contributed by atoms with Gasteiger partial charge in [0.15, 0.2) is 11.4 Å². The van der Waals surface area contributed by atoms with Gasteiger partial charge < -0.3 is 25.2 Å². The van der Waals surface area contributed by atoms with Crippen LogP contribution >= 0.6 is 0 Å². The van der Waals surface area contributed by atoms with Crippen LogP contribution in [0, 0.1) is 58.2 Å². The molecule has 2 aromatic rings. The summed E-state index contributed by atoms with van der Waals surface area (Å²) in [6.07, 6.45) is 21.3. The number of benzene rings is 2. The number of carbonyl (C=O) groups excluding carboxylic acids is 2. The van der Waals surface area contributed by atoms with Gasteiger partial charge in [0.1, 0.15) is 11.2 Å². The number of piperidine rings is 2. The van der Waals surface area contributed by atoms with Crippen molar-refractivity contribution >= 4 is 11.9 Å². The standard InChI is InChI=1S/C59H73N3O5/c1-34-24-40-19-20-47-42-27-38-31-61(33-42)43(28-36-10-3-2-4-11-36)30-48(63)54-57-22-21-44-46-29-41(50(34)52(44)53(40)62(47)32-38)26-37-14-7-13-35(25-37)12-5-6-18-49(58(46,57)56(65)66-54)59(57)45-17-8-15-39(16-9-23-60)51(45)55(64)67-59/h7-8,13-15,17,25,34,36,38,41-43,47,49-50,52,63H,2-6,9-12,16,18-24,26-33,60H2,1H3/b54-48-/t34-,38+,41+,42-,43+,47+,49+,50-,52+,57-,58+,59-/m1/s1. The Bertz CT molecular complexity index is 2530. The molecule has 3 spiro atoms. The van der Waals surface area contributed by atoms with Crippen LogP contribution in [-0.4, -0.2) is 65.1 Å². The Morgan fingerprint density at radius 1 is 0.866 bits per heavy atom. The minimum absolute atomic E-state index is 0.160. The number of hydrogen-bond acceptors (Lipinski definition) is 8. The molecule has 8 heteroatoms. The number of aliphatic hydroxyl groups is 1. The normalized spacial score (nSPS) is 42.5. The Labute approximate surface area is 398 Å². The minimum Gasteiger partial charge on any atom is -0.509 e. The van der Waals surface area contributed by atoms with Crippen molar-refractivity contribution in [3.63, 3.8) is 0 Å². The van der Waals surface area contributed by atoms with Gasteiger partial charge in [-0.15, -0.1) is 0 Å². The average molecular weight is 904 g/mol. The first-order chi connectivity index (χ1) is 32.7. The molecule has 67 heavy (non-hydrogen) atoms. The molecule has 0 amide bonds. The Morgan fingerprint density at radius 3 is 2.60 bits per heavy atom. The molecule has 9 heterocycles. The van der Waals surface area contributed by atoms with Gasteiger partial charge in [0.2, 0.25) is 0 Å². The molecule has 9 aliphatic heterocycles. The molecule has 0 radical (unpaired) electrons. The van der Waals surface area contributed by atoms with E-state index in [1.807, 2.05) is 0 Å². The van der Waals surface area contributed by atoms with Gasteiger partial charge in [0, 0.05) is 61.2 Å². The van der Waals surface area contributed by atoms with Crippen LogP contribution in [-0.2, 0) is 39.1 Å². The Hall–Kier alpha value is -3.88. The maximum atomic E-state index is 16.3. The van der Waals surface area contributed by atoms with Crippen LogP contribution in [0.25, 0.3) is 0 Å². The lowest BCUT2D eigenvalue weighted by atomic mass is 9.28. The van der Waals surface area contributed by atoms with E-state index in [1.54, 1.807) is 11.3 Å². The number of carbonyl (C=O) groups is 2. The smallest absolute Gasteiger partial charge is 0.339 e. The first kappa shape index (κ1) is 42.0. The zero-order chi connectivity index (χ0) is 45.0. The average Bonchev–Trinajstić information content (AvgIpc) is 3.79. The summed E-state index contributed by atoms with van der Waals surface area (Å²) in [6, 6.07) is 16.5. The molecule has 3 saturated heterocycles. The maximum Gasteiger partial charge on any atom is 0.339 e. The van der Waals surface area contributed by atoms with E-state index in [2.05, 4.69) is 59.2 Å². The van der Waals surface area contributed by atoms with Crippen molar-refractivity contribution in [3.05, 3.63) is 104 Å². The van der Waals surface area contributed by atoms with Crippen LogP contribution in [0.4, 0.5) is 0 Å². The van der Waals surface area contributed by atoms with Crippen molar-refractivity contribution in [2.45, 2.75) is 159 Å². The summed E-state index contributed by atoms with van der Waals surface area (Å²) in [5, 5.41) is 13.4. The van der Waals surface area contributed by atoms with E-state index in [1.165, 1.54) is 80.1 Å².